The zero-order valence-corrected chi connectivity index (χ0v) is 13.2. The third-order valence-electron chi connectivity index (χ3n) is 2.90. The molecule has 1 aliphatic rings. The Morgan fingerprint density at radius 2 is 2.24 bits per heavy atom. The zero-order chi connectivity index (χ0) is 12.6. The van der Waals surface area contributed by atoms with E-state index in [1.54, 1.807) is 0 Å². The molecule has 17 heavy (non-hydrogen) atoms. The SMILES string of the molecule is CC1CCC(NS(=O)(=O)c2cc(Cl)c(Br)s2)C1. The number of halogens is 2. The fourth-order valence-corrected chi connectivity index (χ4v) is 5.75. The van der Waals surface area contributed by atoms with Crippen LogP contribution in [0.25, 0.3) is 0 Å². The predicted octanol–water partition coefficient (Wildman–Crippen LogP) is 3.63. The van der Waals surface area contributed by atoms with Crippen LogP contribution in [0.15, 0.2) is 14.1 Å². The van der Waals surface area contributed by atoms with Crippen LogP contribution in [0.5, 0.6) is 0 Å². The van der Waals surface area contributed by atoms with Gasteiger partial charge in [0.25, 0.3) is 0 Å². The summed E-state index contributed by atoms with van der Waals surface area (Å²) in [6, 6.07) is 1.55. The van der Waals surface area contributed by atoms with Crippen LogP contribution in [-0.2, 0) is 10.0 Å². The Kier molecular flexibility index (Phi) is 4.20. The van der Waals surface area contributed by atoms with Gasteiger partial charge in [0.1, 0.15) is 4.21 Å². The van der Waals surface area contributed by atoms with Crippen LogP contribution in [0.2, 0.25) is 5.02 Å². The highest BCUT2D eigenvalue weighted by molar-refractivity contribution is 9.11. The van der Waals surface area contributed by atoms with E-state index < -0.39 is 10.0 Å². The smallest absolute Gasteiger partial charge is 0.207 e. The first-order chi connectivity index (χ1) is 7.88. The first-order valence-electron chi connectivity index (χ1n) is 5.35. The second-order valence-electron chi connectivity index (χ2n) is 4.42. The van der Waals surface area contributed by atoms with E-state index in [1.165, 1.54) is 6.07 Å². The molecule has 0 aromatic carbocycles. The van der Waals surface area contributed by atoms with Crippen LogP contribution in [0, 0.1) is 5.92 Å². The average Bonchev–Trinajstić information content (AvgIpc) is 2.75. The molecule has 1 N–H and O–H groups in total. The van der Waals surface area contributed by atoms with Crippen LogP contribution in [0.3, 0.4) is 0 Å². The topological polar surface area (TPSA) is 46.2 Å². The predicted molar refractivity (Wildman–Crippen MR) is 74.2 cm³/mol. The van der Waals surface area contributed by atoms with Gasteiger partial charge in [0.05, 0.1) is 8.81 Å². The van der Waals surface area contributed by atoms with Crippen molar-refractivity contribution in [2.24, 2.45) is 5.92 Å². The molecule has 0 bridgehead atoms. The van der Waals surface area contributed by atoms with Crippen LogP contribution in [0.4, 0.5) is 0 Å². The quantitative estimate of drug-likeness (QED) is 0.897. The molecule has 1 aromatic heterocycles. The van der Waals surface area contributed by atoms with E-state index in [-0.39, 0.29) is 10.3 Å². The molecule has 3 nitrogen and oxygen atoms in total. The highest BCUT2D eigenvalue weighted by Gasteiger charge is 2.27. The Morgan fingerprint density at radius 3 is 2.71 bits per heavy atom. The summed E-state index contributed by atoms with van der Waals surface area (Å²) in [6.07, 6.45) is 2.92. The second-order valence-corrected chi connectivity index (χ2v) is 9.14. The molecule has 1 aliphatic carbocycles. The van der Waals surface area contributed by atoms with E-state index >= 15 is 0 Å². The number of rotatable bonds is 3. The normalized spacial score (nSPS) is 25.4. The molecule has 0 aliphatic heterocycles. The lowest BCUT2D eigenvalue weighted by Crippen LogP contribution is -2.32. The Morgan fingerprint density at radius 1 is 1.53 bits per heavy atom. The minimum absolute atomic E-state index is 0.0645. The van der Waals surface area contributed by atoms with Gasteiger partial charge in [0.2, 0.25) is 10.0 Å². The lowest BCUT2D eigenvalue weighted by atomic mass is 10.1. The van der Waals surface area contributed by atoms with Crippen LogP contribution in [0.1, 0.15) is 26.2 Å². The van der Waals surface area contributed by atoms with Crippen molar-refractivity contribution >= 4 is 48.9 Å². The molecule has 96 valence electrons. The maximum Gasteiger partial charge on any atom is 0.250 e. The molecule has 1 heterocycles. The molecule has 1 fully saturated rings. The van der Waals surface area contributed by atoms with Crippen LogP contribution >= 0.6 is 38.9 Å². The van der Waals surface area contributed by atoms with Crippen molar-refractivity contribution in [2.75, 3.05) is 0 Å². The summed E-state index contributed by atoms with van der Waals surface area (Å²) >= 11 is 10.2. The van der Waals surface area contributed by atoms with E-state index in [9.17, 15) is 8.42 Å². The summed E-state index contributed by atoms with van der Waals surface area (Å²) in [5.41, 5.74) is 0. The molecule has 1 saturated carbocycles. The lowest BCUT2D eigenvalue weighted by molar-refractivity contribution is 0.540. The molecule has 2 atom stereocenters. The van der Waals surface area contributed by atoms with Gasteiger partial charge in [-0.3, -0.25) is 0 Å². The average molecular weight is 359 g/mol. The Hall–Kier alpha value is 0.380. The van der Waals surface area contributed by atoms with Crippen molar-refractivity contribution in [2.45, 2.75) is 36.4 Å². The van der Waals surface area contributed by atoms with Gasteiger partial charge in [-0.25, -0.2) is 13.1 Å². The van der Waals surface area contributed by atoms with Gasteiger partial charge < -0.3 is 0 Å². The number of hydrogen-bond donors (Lipinski definition) is 1. The minimum atomic E-state index is -3.41. The molecule has 0 spiro atoms. The Bertz CT molecular complexity index is 495. The van der Waals surface area contributed by atoms with Crippen LogP contribution in [-0.4, -0.2) is 14.5 Å². The fourth-order valence-electron chi connectivity index (χ4n) is 2.05. The van der Waals surface area contributed by atoms with Gasteiger partial charge in [0, 0.05) is 6.04 Å². The summed E-state index contributed by atoms with van der Waals surface area (Å²) in [6.45, 7) is 2.15. The molecule has 2 unspecified atom stereocenters. The van der Waals surface area contributed by atoms with Gasteiger partial charge in [-0.05, 0) is 47.2 Å². The van der Waals surface area contributed by atoms with E-state index in [0.29, 0.717) is 14.7 Å². The Balaban J connectivity index is 2.14. The Labute approximate surface area is 119 Å². The van der Waals surface area contributed by atoms with E-state index in [0.717, 1.165) is 30.6 Å². The standard InChI is InChI=1S/C10H13BrClNO2S2/c1-6-2-3-7(4-6)13-17(14,15)9-5-8(12)10(11)16-9/h5-7,13H,2-4H2,1H3. The second kappa shape index (κ2) is 5.17. The van der Waals surface area contributed by atoms with Crippen LogP contribution < -0.4 is 4.72 Å². The highest BCUT2D eigenvalue weighted by atomic mass is 79.9. The third kappa shape index (κ3) is 3.23. The van der Waals surface area contributed by atoms with Crippen molar-refractivity contribution in [3.05, 3.63) is 14.9 Å². The van der Waals surface area contributed by atoms with Gasteiger partial charge in [-0.1, -0.05) is 18.5 Å². The molecule has 2 rings (SSSR count). The molecular formula is C10H13BrClNO2S2. The summed E-state index contributed by atoms with van der Waals surface area (Å²) < 4.78 is 27.8. The van der Waals surface area contributed by atoms with Crippen molar-refractivity contribution in [1.82, 2.24) is 4.72 Å². The molecular weight excluding hydrogens is 346 g/mol. The van der Waals surface area contributed by atoms with Gasteiger partial charge in [0.15, 0.2) is 0 Å². The summed E-state index contributed by atoms with van der Waals surface area (Å²) in [7, 11) is -3.41. The summed E-state index contributed by atoms with van der Waals surface area (Å²) in [5, 5.41) is 0.440. The van der Waals surface area contributed by atoms with E-state index in [4.69, 9.17) is 11.6 Å². The maximum absolute atomic E-state index is 12.1. The first kappa shape index (κ1) is 13.8. The molecule has 0 saturated heterocycles. The van der Waals surface area contributed by atoms with Crippen molar-refractivity contribution in [3.63, 3.8) is 0 Å². The van der Waals surface area contributed by atoms with Gasteiger partial charge >= 0.3 is 0 Å². The van der Waals surface area contributed by atoms with E-state index in [1.807, 2.05) is 0 Å². The lowest BCUT2D eigenvalue weighted by Gasteiger charge is -2.11. The number of nitrogens with one attached hydrogen (secondary N) is 1. The zero-order valence-electron chi connectivity index (χ0n) is 9.24. The number of thiophene rings is 1. The largest absolute Gasteiger partial charge is 0.250 e. The fraction of sp³-hybridized carbons (Fsp3) is 0.600. The maximum atomic E-state index is 12.1. The third-order valence-corrected chi connectivity index (χ3v) is 7.37. The summed E-state index contributed by atoms with van der Waals surface area (Å²) in [5.74, 6) is 0.598. The van der Waals surface area contributed by atoms with E-state index in [2.05, 4.69) is 27.6 Å². The highest BCUT2D eigenvalue weighted by Crippen LogP contribution is 2.35. The molecule has 7 heteroatoms. The monoisotopic (exact) mass is 357 g/mol. The minimum Gasteiger partial charge on any atom is -0.207 e. The number of hydrogen-bond acceptors (Lipinski definition) is 3. The molecule has 0 radical (unpaired) electrons. The van der Waals surface area contributed by atoms with Crippen molar-refractivity contribution in [1.29, 1.82) is 0 Å². The summed E-state index contributed by atoms with van der Waals surface area (Å²) in [4.78, 5) is 0. The van der Waals surface area contributed by atoms with Gasteiger partial charge in [-0.2, -0.15) is 0 Å². The van der Waals surface area contributed by atoms with Gasteiger partial charge in [-0.15, -0.1) is 11.3 Å². The molecule has 1 aromatic rings. The van der Waals surface area contributed by atoms with Crippen molar-refractivity contribution < 1.29 is 8.42 Å². The van der Waals surface area contributed by atoms with Crippen molar-refractivity contribution in [3.8, 4) is 0 Å². The molecule has 0 amide bonds. The number of sulfonamides is 1. The first-order valence-corrected chi connectivity index (χ1v) is 8.82.